The predicted octanol–water partition coefficient (Wildman–Crippen LogP) is 2.06. The van der Waals surface area contributed by atoms with E-state index in [4.69, 9.17) is 4.42 Å². The van der Waals surface area contributed by atoms with Gasteiger partial charge in [0.05, 0.1) is 12.1 Å². The van der Waals surface area contributed by atoms with Gasteiger partial charge >= 0.3 is 0 Å². The summed E-state index contributed by atoms with van der Waals surface area (Å²) in [5.74, 6) is -0.243. The zero-order valence-corrected chi connectivity index (χ0v) is 9.84. The molecule has 2 rings (SSSR count). The Morgan fingerprint density at radius 2 is 2.22 bits per heavy atom. The Kier molecular flexibility index (Phi) is 3.52. The van der Waals surface area contributed by atoms with Crippen LogP contribution in [0.3, 0.4) is 0 Å². The summed E-state index contributed by atoms with van der Waals surface area (Å²) in [6, 6.07) is 6.80. The Labute approximate surface area is 104 Å². The largest absolute Gasteiger partial charge is 0.451 e. The third-order valence-electron chi connectivity index (χ3n) is 2.38. The SMILES string of the molecule is CC(=O)c1cccc(NC(=O)Cc2cocn2)c1. The first-order valence-corrected chi connectivity index (χ1v) is 5.43. The van der Waals surface area contributed by atoms with Gasteiger partial charge in [0.15, 0.2) is 12.2 Å². The summed E-state index contributed by atoms with van der Waals surface area (Å²) in [6.45, 7) is 1.48. The van der Waals surface area contributed by atoms with Gasteiger partial charge < -0.3 is 9.73 Å². The van der Waals surface area contributed by atoms with E-state index in [0.29, 0.717) is 16.9 Å². The Morgan fingerprint density at radius 1 is 1.39 bits per heavy atom. The molecule has 2 aromatic rings. The number of rotatable bonds is 4. The highest BCUT2D eigenvalue weighted by atomic mass is 16.3. The van der Waals surface area contributed by atoms with E-state index in [2.05, 4.69) is 10.3 Å². The van der Waals surface area contributed by atoms with E-state index in [1.54, 1.807) is 24.3 Å². The molecule has 1 aromatic carbocycles. The van der Waals surface area contributed by atoms with Crippen LogP contribution in [0, 0.1) is 0 Å². The molecule has 0 radical (unpaired) electrons. The van der Waals surface area contributed by atoms with Gasteiger partial charge in [0.2, 0.25) is 5.91 Å². The molecule has 0 aliphatic carbocycles. The van der Waals surface area contributed by atoms with Gasteiger partial charge in [-0.15, -0.1) is 0 Å². The summed E-state index contributed by atoms with van der Waals surface area (Å²) < 4.78 is 4.78. The van der Waals surface area contributed by atoms with Crippen molar-refractivity contribution in [3.63, 3.8) is 0 Å². The summed E-state index contributed by atoms with van der Waals surface area (Å²) in [5.41, 5.74) is 1.72. The zero-order valence-electron chi connectivity index (χ0n) is 9.84. The average molecular weight is 244 g/mol. The summed E-state index contributed by atoms with van der Waals surface area (Å²) in [5, 5.41) is 2.70. The molecule has 1 aromatic heterocycles. The van der Waals surface area contributed by atoms with Crippen molar-refractivity contribution >= 4 is 17.4 Å². The van der Waals surface area contributed by atoms with Crippen LogP contribution >= 0.6 is 0 Å². The number of aromatic nitrogens is 1. The minimum Gasteiger partial charge on any atom is -0.451 e. The van der Waals surface area contributed by atoms with E-state index in [1.165, 1.54) is 19.6 Å². The molecule has 5 heteroatoms. The molecule has 0 spiro atoms. The molecule has 0 bridgehead atoms. The van der Waals surface area contributed by atoms with Crippen LogP contribution in [-0.4, -0.2) is 16.7 Å². The Hall–Kier alpha value is -2.43. The number of hydrogen-bond acceptors (Lipinski definition) is 4. The number of carbonyl (C=O) groups is 2. The van der Waals surface area contributed by atoms with Gasteiger partial charge in [-0.25, -0.2) is 4.98 Å². The molecular weight excluding hydrogens is 232 g/mol. The van der Waals surface area contributed by atoms with Crippen LogP contribution in [0.25, 0.3) is 0 Å². The number of amides is 1. The third kappa shape index (κ3) is 3.04. The lowest BCUT2D eigenvalue weighted by molar-refractivity contribution is -0.115. The number of hydrogen-bond donors (Lipinski definition) is 1. The predicted molar refractivity (Wildman–Crippen MR) is 65.3 cm³/mol. The molecule has 92 valence electrons. The highest BCUT2D eigenvalue weighted by Crippen LogP contribution is 2.11. The van der Waals surface area contributed by atoms with Crippen LogP contribution < -0.4 is 5.32 Å². The van der Waals surface area contributed by atoms with Crippen molar-refractivity contribution < 1.29 is 14.0 Å². The number of carbonyl (C=O) groups excluding carboxylic acids is 2. The first kappa shape index (κ1) is 12.0. The number of Topliss-reactive ketones (excluding diaryl/α,β-unsaturated/α-hetero) is 1. The monoisotopic (exact) mass is 244 g/mol. The third-order valence-corrected chi connectivity index (χ3v) is 2.38. The molecule has 1 N–H and O–H groups in total. The van der Waals surface area contributed by atoms with E-state index in [0.717, 1.165) is 0 Å². The zero-order chi connectivity index (χ0) is 13.0. The maximum atomic E-state index is 11.7. The molecule has 1 heterocycles. The molecule has 0 atom stereocenters. The summed E-state index contributed by atoms with van der Waals surface area (Å²) in [7, 11) is 0. The fourth-order valence-electron chi connectivity index (χ4n) is 1.51. The summed E-state index contributed by atoms with van der Waals surface area (Å²) >= 11 is 0. The van der Waals surface area contributed by atoms with Crippen LogP contribution in [-0.2, 0) is 11.2 Å². The van der Waals surface area contributed by atoms with Crippen LogP contribution in [0.15, 0.2) is 41.3 Å². The van der Waals surface area contributed by atoms with Gasteiger partial charge in [0.25, 0.3) is 0 Å². The van der Waals surface area contributed by atoms with E-state index in [1.807, 2.05) is 0 Å². The van der Waals surface area contributed by atoms with Gasteiger partial charge in [0.1, 0.15) is 6.26 Å². The molecule has 0 unspecified atom stereocenters. The van der Waals surface area contributed by atoms with Gasteiger partial charge in [-0.05, 0) is 19.1 Å². The number of oxazole rings is 1. The number of anilines is 1. The Morgan fingerprint density at radius 3 is 2.89 bits per heavy atom. The highest BCUT2D eigenvalue weighted by molar-refractivity contribution is 5.97. The standard InChI is InChI=1S/C13H12N2O3/c1-9(16)10-3-2-4-11(5-10)15-13(17)6-12-7-18-8-14-12/h2-5,7-8H,6H2,1H3,(H,15,17). The minimum absolute atomic E-state index is 0.0393. The fourth-order valence-corrected chi connectivity index (χ4v) is 1.51. The topological polar surface area (TPSA) is 72.2 Å². The van der Waals surface area contributed by atoms with E-state index < -0.39 is 0 Å². The van der Waals surface area contributed by atoms with E-state index in [-0.39, 0.29) is 18.1 Å². The maximum absolute atomic E-state index is 11.7. The quantitative estimate of drug-likeness (QED) is 0.835. The van der Waals surface area contributed by atoms with Crippen molar-refractivity contribution in [2.75, 3.05) is 5.32 Å². The lowest BCUT2D eigenvalue weighted by Crippen LogP contribution is -2.14. The molecule has 1 amide bonds. The normalized spacial score (nSPS) is 10.1. The van der Waals surface area contributed by atoms with Gasteiger partial charge in [-0.2, -0.15) is 0 Å². The number of nitrogens with one attached hydrogen (secondary N) is 1. The number of ketones is 1. The summed E-state index contributed by atoms with van der Waals surface area (Å²) in [4.78, 5) is 26.7. The van der Waals surface area contributed by atoms with Crippen LogP contribution in [0.2, 0.25) is 0 Å². The Bertz CT molecular complexity index is 561. The molecule has 0 saturated carbocycles. The van der Waals surface area contributed by atoms with Gasteiger partial charge in [0, 0.05) is 11.3 Å². The van der Waals surface area contributed by atoms with Crippen molar-refractivity contribution in [2.45, 2.75) is 13.3 Å². The highest BCUT2D eigenvalue weighted by Gasteiger charge is 2.07. The molecule has 0 fully saturated rings. The lowest BCUT2D eigenvalue weighted by atomic mass is 10.1. The first-order chi connectivity index (χ1) is 8.65. The Balaban J connectivity index is 2.03. The van der Waals surface area contributed by atoms with Crippen molar-refractivity contribution in [3.05, 3.63) is 48.2 Å². The maximum Gasteiger partial charge on any atom is 0.230 e. The fraction of sp³-hybridized carbons (Fsp3) is 0.154. The molecule has 0 saturated heterocycles. The second-order valence-electron chi connectivity index (χ2n) is 3.84. The van der Waals surface area contributed by atoms with Gasteiger partial charge in [-0.1, -0.05) is 12.1 Å². The lowest BCUT2D eigenvalue weighted by Gasteiger charge is -2.05. The van der Waals surface area contributed by atoms with Crippen LogP contribution in [0.1, 0.15) is 23.0 Å². The second kappa shape index (κ2) is 5.27. The van der Waals surface area contributed by atoms with Crippen molar-refractivity contribution in [3.8, 4) is 0 Å². The summed E-state index contributed by atoms with van der Waals surface area (Å²) in [6.07, 6.45) is 2.84. The average Bonchev–Trinajstić information content (AvgIpc) is 2.82. The van der Waals surface area contributed by atoms with Crippen LogP contribution in [0.4, 0.5) is 5.69 Å². The minimum atomic E-state index is -0.204. The van der Waals surface area contributed by atoms with E-state index in [9.17, 15) is 9.59 Å². The molecular formula is C13H12N2O3. The smallest absolute Gasteiger partial charge is 0.230 e. The molecule has 0 aliphatic rings. The second-order valence-corrected chi connectivity index (χ2v) is 3.84. The van der Waals surface area contributed by atoms with E-state index >= 15 is 0 Å². The van der Waals surface area contributed by atoms with Crippen molar-refractivity contribution in [2.24, 2.45) is 0 Å². The molecule has 0 aliphatic heterocycles. The van der Waals surface area contributed by atoms with Crippen LogP contribution in [0.5, 0.6) is 0 Å². The molecule has 18 heavy (non-hydrogen) atoms. The number of nitrogens with zero attached hydrogens (tertiary/aromatic N) is 1. The number of benzene rings is 1. The molecule has 5 nitrogen and oxygen atoms in total. The first-order valence-electron chi connectivity index (χ1n) is 5.43. The van der Waals surface area contributed by atoms with Crippen molar-refractivity contribution in [1.29, 1.82) is 0 Å². The van der Waals surface area contributed by atoms with Gasteiger partial charge in [-0.3, -0.25) is 9.59 Å². The van der Waals surface area contributed by atoms with Crippen molar-refractivity contribution in [1.82, 2.24) is 4.98 Å².